The molecule has 3 rings (SSSR count). The van der Waals surface area contributed by atoms with E-state index in [1.165, 1.54) is 0 Å². The maximum atomic E-state index is 13.0. The van der Waals surface area contributed by atoms with Gasteiger partial charge in [-0.3, -0.25) is 4.79 Å². The van der Waals surface area contributed by atoms with Gasteiger partial charge < -0.3 is 10.4 Å². The van der Waals surface area contributed by atoms with Crippen LogP contribution in [0.4, 0.5) is 5.69 Å². The molecule has 0 bridgehead atoms. The summed E-state index contributed by atoms with van der Waals surface area (Å²) in [7, 11) is 0. The molecule has 2 aromatic carbocycles. The van der Waals surface area contributed by atoms with E-state index in [1.54, 1.807) is 18.2 Å². The highest BCUT2D eigenvalue weighted by molar-refractivity contribution is 6.16. The third-order valence-corrected chi connectivity index (χ3v) is 4.23. The molecule has 3 heteroatoms. The van der Waals surface area contributed by atoms with E-state index >= 15 is 0 Å². The Balaban J connectivity index is 2.28. The van der Waals surface area contributed by atoms with Gasteiger partial charge in [0.1, 0.15) is 5.60 Å². The second-order valence-corrected chi connectivity index (χ2v) is 5.63. The summed E-state index contributed by atoms with van der Waals surface area (Å²) in [6.45, 7) is 8.00. The van der Waals surface area contributed by atoms with Crippen molar-refractivity contribution >= 4 is 11.5 Å². The van der Waals surface area contributed by atoms with E-state index in [0.717, 1.165) is 0 Å². The Morgan fingerprint density at radius 3 is 2.52 bits per heavy atom. The minimum atomic E-state index is -1.24. The zero-order valence-electron chi connectivity index (χ0n) is 12.9. The van der Waals surface area contributed by atoms with Gasteiger partial charge in [-0.05, 0) is 11.6 Å². The molecule has 0 fully saturated rings. The third-order valence-electron chi connectivity index (χ3n) is 4.23. The van der Waals surface area contributed by atoms with E-state index < -0.39 is 5.60 Å². The maximum absolute atomic E-state index is 13.0. The molecule has 1 atom stereocenters. The first-order valence-corrected chi connectivity index (χ1v) is 7.59. The maximum Gasteiger partial charge on any atom is 0.195 e. The van der Waals surface area contributed by atoms with Crippen molar-refractivity contribution in [1.29, 1.82) is 0 Å². The number of nitrogens with one attached hydrogen (secondary N) is 1. The fourth-order valence-corrected chi connectivity index (χ4v) is 3.22. The summed E-state index contributed by atoms with van der Waals surface area (Å²) in [5.74, 6) is -0.0727. The van der Waals surface area contributed by atoms with Crippen molar-refractivity contribution in [1.82, 2.24) is 0 Å². The van der Waals surface area contributed by atoms with E-state index in [4.69, 9.17) is 0 Å². The molecule has 23 heavy (non-hydrogen) atoms. The number of rotatable bonds is 5. The molecule has 0 spiro atoms. The number of carbonyl (C=O) groups excluding carboxylic acids is 1. The zero-order chi connectivity index (χ0) is 16.4. The second-order valence-electron chi connectivity index (χ2n) is 5.63. The van der Waals surface area contributed by atoms with E-state index in [1.807, 2.05) is 36.4 Å². The molecule has 2 N–H and O–H groups in total. The number of benzene rings is 2. The Labute approximate surface area is 136 Å². The average molecular weight is 305 g/mol. The number of hydrogen-bond donors (Lipinski definition) is 2. The predicted octanol–water partition coefficient (Wildman–Crippen LogP) is 3.64. The molecular weight excluding hydrogens is 286 g/mol. The van der Waals surface area contributed by atoms with Gasteiger partial charge in [-0.25, -0.2) is 0 Å². The van der Waals surface area contributed by atoms with Crippen LogP contribution in [0.3, 0.4) is 0 Å². The Hall–Kier alpha value is -2.65. The number of hydrogen-bond acceptors (Lipinski definition) is 3. The van der Waals surface area contributed by atoms with E-state index in [2.05, 4.69) is 18.5 Å². The van der Waals surface area contributed by atoms with Crippen LogP contribution in [0.1, 0.15) is 33.5 Å². The quantitative estimate of drug-likeness (QED) is 0.829. The lowest BCUT2D eigenvalue weighted by Gasteiger charge is -2.36. The van der Waals surface area contributed by atoms with Gasteiger partial charge in [-0.15, -0.1) is 13.2 Å². The van der Waals surface area contributed by atoms with E-state index in [9.17, 15) is 9.90 Å². The molecule has 0 heterocycles. The smallest absolute Gasteiger partial charge is 0.195 e. The molecule has 0 aromatic heterocycles. The lowest BCUT2D eigenvalue weighted by Crippen LogP contribution is -2.35. The van der Waals surface area contributed by atoms with Crippen LogP contribution in [-0.2, 0) is 5.60 Å². The number of anilines is 1. The molecule has 0 saturated heterocycles. The van der Waals surface area contributed by atoms with Crippen molar-refractivity contribution in [3.63, 3.8) is 0 Å². The highest BCUT2D eigenvalue weighted by Gasteiger charge is 2.42. The highest BCUT2D eigenvalue weighted by Crippen LogP contribution is 2.44. The number of carbonyl (C=O) groups is 1. The van der Waals surface area contributed by atoms with Gasteiger partial charge >= 0.3 is 0 Å². The van der Waals surface area contributed by atoms with Crippen molar-refractivity contribution in [2.45, 2.75) is 12.0 Å². The van der Waals surface area contributed by atoms with Crippen LogP contribution in [-0.4, -0.2) is 17.4 Å². The molecule has 0 amide bonds. The van der Waals surface area contributed by atoms with Crippen LogP contribution in [0.2, 0.25) is 0 Å². The third kappa shape index (κ3) is 2.30. The molecule has 0 radical (unpaired) electrons. The van der Waals surface area contributed by atoms with Gasteiger partial charge in [0.05, 0.1) is 5.56 Å². The molecular formula is C20H19NO2. The van der Waals surface area contributed by atoms with Crippen molar-refractivity contribution in [2.24, 2.45) is 0 Å². The van der Waals surface area contributed by atoms with Crippen molar-refractivity contribution < 1.29 is 9.90 Å². The fourth-order valence-electron chi connectivity index (χ4n) is 3.22. The topological polar surface area (TPSA) is 49.3 Å². The SMILES string of the molecule is C=CCNc1cccc2c1C(=O)c1ccccc1C2(O)CC=C. The van der Waals surface area contributed by atoms with Crippen molar-refractivity contribution in [3.8, 4) is 0 Å². The van der Waals surface area contributed by atoms with Crippen LogP contribution in [0.5, 0.6) is 0 Å². The highest BCUT2D eigenvalue weighted by atomic mass is 16.3. The number of fused-ring (bicyclic) bond motifs is 2. The lowest BCUT2D eigenvalue weighted by molar-refractivity contribution is 0.0746. The summed E-state index contributed by atoms with van der Waals surface area (Å²) < 4.78 is 0. The van der Waals surface area contributed by atoms with E-state index in [-0.39, 0.29) is 5.78 Å². The molecule has 1 aliphatic rings. The van der Waals surface area contributed by atoms with Gasteiger partial charge in [-0.1, -0.05) is 48.6 Å². The molecule has 1 aliphatic carbocycles. The van der Waals surface area contributed by atoms with Gasteiger partial charge in [0.25, 0.3) is 0 Å². The summed E-state index contributed by atoms with van der Waals surface area (Å²) in [6.07, 6.45) is 3.76. The standard InChI is InChI=1S/C20H19NO2/c1-3-12-20(23)15-9-6-5-8-14(15)19(22)18-16(20)10-7-11-17(18)21-13-4-2/h3-11,21,23H,1-2,12-13H2. The predicted molar refractivity (Wildman–Crippen MR) is 92.8 cm³/mol. The van der Waals surface area contributed by atoms with Crippen LogP contribution < -0.4 is 5.32 Å². The van der Waals surface area contributed by atoms with Crippen LogP contribution >= 0.6 is 0 Å². The summed E-state index contributed by atoms with van der Waals surface area (Å²) in [5.41, 5.74) is 1.79. The molecule has 2 aromatic rings. The number of aliphatic hydroxyl groups is 1. The second kappa shape index (κ2) is 5.86. The molecule has 3 nitrogen and oxygen atoms in total. The number of ketones is 1. The largest absolute Gasteiger partial charge is 0.381 e. The summed E-state index contributed by atoms with van der Waals surface area (Å²) in [6, 6.07) is 12.7. The summed E-state index contributed by atoms with van der Waals surface area (Å²) in [5, 5.41) is 14.6. The fraction of sp³-hybridized carbons (Fsp3) is 0.150. The van der Waals surface area contributed by atoms with Crippen LogP contribution in [0.25, 0.3) is 0 Å². The molecule has 0 saturated carbocycles. The molecule has 1 unspecified atom stereocenters. The van der Waals surface area contributed by atoms with Crippen LogP contribution in [0.15, 0.2) is 67.8 Å². The first kappa shape index (κ1) is 15.3. The minimum absolute atomic E-state index is 0.0727. The minimum Gasteiger partial charge on any atom is -0.381 e. The molecule has 0 aliphatic heterocycles. The van der Waals surface area contributed by atoms with Crippen molar-refractivity contribution in [3.05, 3.63) is 90.0 Å². The van der Waals surface area contributed by atoms with E-state index in [0.29, 0.717) is 40.9 Å². The Morgan fingerprint density at radius 2 is 1.78 bits per heavy atom. The Kier molecular flexibility index (Phi) is 3.89. The monoisotopic (exact) mass is 305 g/mol. The first-order valence-electron chi connectivity index (χ1n) is 7.59. The molecule has 116 valence electrons. The van der Waals surface area contributed by atoms with Gasteiger partial charge in [0.2, 0.25) is 0 Å². The Bertz CT molecular complexity index is 794. The lowest BCUT2D eigenvalue weighted by atomic mass is 9.72. The summed E-state index contributed by atoms with van der Waals surface area (Å²) >= 11 is 0. The summed E-state index contributed by atoms with van der Waals surface area (Å²) in [4.78, 5) is 13.0. The van der Waals surface area contributed by atoms with Gasteiger partial charge in [-0.2, -0.15) is 0 Å². The van der Waals surface area contributed by atoms with Gasteiger partial charge in [0.15, 0.2) is 5.78 Å². The van der Waals surface area contributed by atoms with Crippen molar-refractivity contribution in [2.75, 3.05) is 11.9 Å². The zero-order valence-corrected chi connectivity index (χ0v) is 12.9. The Morgan fingerprint density at radius 1 is 1.04 bits per heavy atom. The van der Waals surface area contributed by atoms with Gasteiger partial charge in [0, 0.05) is 29.8 Å². The van der Waals surface area contributed by atoms with Crippen LogP contribution in [0, 0.1) is 0 Å². The average Bonchev–Trinajstić information content (AvgIpc) is 2.58. The first-order chi connectivity index (χ1) is 11.1. The normalized spacial score (nSPS) is 18.7.